The van der Waals surface area contributed by atoms with E-state index in [2.05, 4.69) is 15.0 Å². The Morgan fingerprint density at radius 2 is 2.00 bits per heavy atom. The summed E-state index contributed by atoms with van der Waals surface area (Å²) in [6.07, 6.45) is -5.69. The Kier molecular flexibility index (Phi) is 4.46. The molecule has 0 atom stereocenters. The highest BCUT2D eigenvalue weighted by atomic mass is 32.1. The first-order valence-electron chi connectivity index (χ1n) is 5.86. The van der Waals surface area contributed by atoms with E-state index >= 15 is 0 Å². The van der Waals surface area contributed by atoms with Gasteiger partial charge in [-0.1, -0.05) is 12.1 Å². The van der Waals surface area contributed by atoms with Gasteiger partial charge in [0.15, 0.2) is 6.61 Å². The van der Waals surface area contributed by atoms with Gasteiger partial charge in [0, 0.05) is 16.6 Å². The van der Waals surface area contributed by atoms with Crippen molar-refractivity contribution < 1.29 is 22.7 Å². The lowest BCUT2D eigenvalue weighted by molar-refractivity contribution is -0.159. The highest BCUT2D eigenvalue weighted by Gasteiger charge is 2.29. The van der Waals surface area contributed by atoms with E-state index in [0.717, 1.165) is 16.3 Å². The Labute approximate surface area is 122 Å². The molecule has 0 fully saturated rings. The minimum atomic E-state index is -4.54. The zero-order chi connectivity index (χ0) is 15.5. The van der Waals surface area contributed by atoms with Crippen molar-refractivity contribution in [2.45, 2.75) is 13.1 Å². The van der Waals surface area contributed by atoms with Crippen LogP contribution in [0.15, 0.2) is 29.6 Å². The standard InChI is InChI=1S/C13H11F3N2O2S/c1-8-17-11(6-21-8)9-2-4-10(5-3-9)18-12(19)20-7-13(14,15)16/h2-6H,7H2,1H3,(H,18,19). The lowest BCUT2D eigenvalue weighted by atomic mass is 10.1. The van der Waals surface area contributed by atoms with Gasteiger partial charge in [-0.3, -0.25) is 5.32 Å². The number of hydrogen-bond donors (Lipinski definition) is 1. The van der Waals surface area contributed by atoms with Crippen LogP contribution < -0.4 is 5.32 Å². The summed E-state index contributed by atoms with van der Waals surface area (Å²) in [5.74, 6) is 0. The lowest BCUT2D eigenvalue weighted by Crippen LogP contribution is -2.23. The number of ether oxygens (including phenoxy) is 1. The molecule has 2 aromatic rings. The number of aryl methyl sites for hydroxylation is 1. The van der Waals surface area contributed by atoms with Gasteiger partial charge in [-0.15, -0.1) is 11.3 Å². The van der Waals surface area contributed by atoms with Gasteiger partial charge in [0.05, 0.1) is 10.7 Å². The molecule has 1 aromatic carbocycles. The van der Waals surface area contributed by atoms with E-state index in [0.29, 0.717) is 5.69 Å². The van der Waals surface area contributed by atoms with Gasteiger partial charge in [-0.05, 0) is 19.1 Å². The maximum atomic E-state index is 11.9. The summed E-state index contributed by atoms with van der Waals surface area (Å²) in [4.78, 5) is 15.5. The summed E-state index contributed by atoms with van der Waals surface area (Å²) in [5, 5.41) is 5.05. The molecule has 0 aliphatic carbocycles. The van der Waals surface area contributed by atoms with E-state index in [9.17, 15) is 18.0 Å². The number of anilines is 1. The second-order valence-electron chi connectivity index (χ2n) is 4.15. The number of nitrogens with zero attached hydrogens (tertiary/aromatic N) is 1. The predicted molar refractivity (Wildman–Crippen MR) is 73.3 cm³/mol. The number of halogens is 3. The minimum absolute atomic E-state index is 0.345. The molecule has 1 aromatic heterocycles. The van der Waals surface area contributed by atoms with E-state index < -0.39 is 18.9 Å². The van der Waals surface area contributed by atoms with Crippen LogP contribution in [-0.4, -0.2) is 23.9 Å². The highest BCUT2D eigenvalue weighted by Crippen LogP contribution is 2.23. The fraction of sp³-hybridized carbons (Fsp3) is 0.231. The molecule has 112 valence electrons. The van der Waals surface area contributed by atoms with Crippen LogP contribution in [0.3, 0.4) is 0 Å². The van der Waals surface area contributed by atoms with E-state index in [-0.39, 0.29) is 0 Å². The number of benzene rings is 1. The Morgan fingerprint density at radius 1 is 1.33 bits per heavy atom. The summed E-state index contributed by atoms with van der Waals surface area (Å²) < 4.78 is 39.7. The van der Waals surface area contributed by atoms with E-state index in [1.165, 1.54) is 11.3 Å². The van der Waals surface area contributed by atoms with Crippen molar-refractivity contribution in [3.8, 4) is 11.3 Å². The minimum Gasteiger partial charge on any atom is -0.440 e. The molecular formula is C13H11F3N2O2S. The molecule has 0 bridgehead atoms. The van der Waals surface area contributed by atoms with Gasteiger partial charge in [0.1, 0.15) is 0 Å². The SMILES string of the molecule is Cc1nc(-c2ccc(NC(=O)OCC(F)(F)F)cc2)cs1. The van der Waals surface area contributed by atoms with Crippen molar-refractivity contribution in [2.24, 2.45) is 0 Å². The second-order valence-corrected chi connectivity index (χ2v) is 5.21. The number of aromatic nitrogens is 1. The summed E-state index contributed by atoms with van der Waals surface area (Å²) in [7, 11) is 0. The van der Waals surface area contributed by atoms with E-state index in [4.69, 9.17) is 0 Å². The Balaban J connectivity index is 1.95. The zero-order valence-electron chi connectivity index (χ0n) is 10.9. The largest absolute Gasteiger partial charge is 0.440 e. The second kappa shape index (κ2) is 6.13. The summed E-state index contributed by atoms with van der Waals surface area (Å²) in [6, 6.07) is 6.57. The van der Waals surface area contributed by atoms with Gasteiger partial charge in [-0.2, -0.15) is 13.2 Å². The lowest BCUT2D eigenvalue weighted by Gasteiger charge is -2.09. The number of thiazole rings is 1. The average molecular weight is 316 g/mol. The number of hydrogen-bond acceptors (Lipinski definition) is 4. The molecule has 21 heavy (non-hydrogen) atoms. The number of carbonyl (C=O) groups is 1. The van der Waals surface area contributed by atoms with Crippen LogP contribution in [0.4, 0.5) is 23.7 Å². The first-order chi connectivity index (χ1) is 9.83. The fourth-order valence-corrected chi connectivity index (χ4v) is 2.14. The third-order valence-corrected chi connectivity index (χ3v) is 3.19. The Morgan fingerprint density at radius 3 is 2.52 bits per heavy atom. The van der Waals surface area contributed by atoms with Crippen molar-refractivity contribution in [1.29, 1.82) is 0 Å². The van der Waals surface area contributed by atoms with Crippen LogP contribution >= 0.6 is 11.3 Å². The third kappa shape index (κ3) is 4.75. The van der Waals surface area contributed by atoms with Crippen molar-refractivity contribution in [2.75, 3.05) is 11.9 Å². The molecule has 0 spiro atoms. The molecule has 0 radical (unpaired) electrons. The van der Waals surface area contributed by atoms with Gasteiger partial charge < -0.3 is 4.74 Å². The molecule has 2 rings (SSSR count). The van der Waals surface area contributed by atoms with Crippen LogP contribution in [0.5, 0.6) is 0 Å². The van der Waals surface area contributed by atoms with Crippen LogP contribution in [0, 0.1) is 6.92 Å². The topological polar surface area (TPSA) is 51.2 Å². The fourth-order valence-electron chi connectivity index (χ4n) is 1.52. The molecule has 0 aliphatic rings. The third-order valence-electron chi connectivity index (χ3n) is 2.41. The summed E-state index contributed by atoms with van der Waals surface area (Å²) in [6.45, 7) is 0.274. The normalized spacial score (nSPS) is 11.2. The maximum Gasteiger partial charge on any atom is 0.422 e. The van der Waals surface area contributed by atoms with Gasteiger partial charge >= 0.3 is 12.3 Å². The number of rotatable bonds is 3. The molecule has 8 heteroatoms. The predicted octanol–water partition coefficient (Wildman–Crippen LogP) is 4.23. The highest BCUT2D eigenvalue weighted by molar-refractivity contribution is 7.09. The van der Waals surface area contributed by atoms with Crippen molar-refractivity contribution in [3.63, 3.8) is 0 Å². The van der Waals surface area contributed by atoms with Crippen LogP contribution in [0.2, 0.25) is 0 Å². The van der Waals surface area contributed by atoms with Crippen molar-refractivity contribution in [3.05, 3.63) is 34.7 Å². The first kappa shape index (κ1) is 15.3. The number of carbonyl (C=O) groups excluding carboxylic acids is 1. The van der Waals surface area contributed by atoms with Crippen LogP contribution in [-0.2, 0) is 4.74 Å². The Bertz CT molecular complexity index is 623. The molecule has 0 saturated heterocycles. The van der Waals surface area contributed by atoms with E-state index in [1.807, 2.05) is 12.3 Å². The Hall–Kier alpha value is -2.09. The molecule has 0 aliphatic heterocycles. The van der Waals surface area contributed by atoms with Gasteiger partial charge in [0.25, 0.3) is 0 Å². The summed E-state index contributed by atoms with van der Waals surface area (Å²) in [5.41, 5.74) is 2.01. The zero-order valence-corrected chi connectivity index (χ0v) is 11.7. The molecule has 0 unspecified atom stereocenters. The first-order valence-corrected chi connectivity index (χ1v) is 6.74. The average Bonchev–Trinajstić information content (AvgIpc) is 2.83. The number of amides is 1. The molecule has 1 N–H and O–H groups in total. The number of nitrogens with one attached hydrogen (secondary N) is 1. The van der Waals surface area contributed by atoms with E-state index in [1.54, 1.807) is 24.3 Å². The molecular weight excluding hydrogens is 305 g/mol. The molecule has 4 nitrogen and oxygen atoms in total. The summed E-state index contributed by atoms with van der Waals surface area (Å²) >= 11 is 1.52. The van der Waals surface area contributed by atoms with Crippen LogP contribution in [0.25, 0.3) is 11.3 Å². The quantitative estimate of drug-likeness (QED) is 0.922. The molecule has 0 saturated carbocycles. The molecule has 1 heterocycles. The number of alkyl halides is 3. The van der Waals surface area contributed by atoms with Crippen molar-refractivity contribution in [1.82, 2.24) is 4.98 Å². The monoisotopic (exact) mass is 316 g/mol. The van der Waals surface area contributed by atoms with Crippen LogP contribution in [0.1, 0.15) is 5.01 Å². The maximum absolute atomic E-state index is 11.9. The van der Waals surface area contributed by atoms with Crippen molar-refractivity contribution >= 4 is 23.1 Å². The smallest absolute Gasteiger partial charge is 0.422 e. The van der Waals surface area contributed by atoms with Gasteiger partial charge in [0.2, 0.25) is 0 Å². The molecule has 1 amide bonds. The van der Waals surface area contributed by atoms with Gasteiger partial charge in [-0.25, -0.2) is 9.78 Å².